The highest BCUT2D eigenvalue weighted by atomic mass is 28.4. The van der Waals surface area contributed by atoms with Gasteiger partial charge >= 0.3 is 14.8 Å². The number of rotatable bonds is 10. The van der Waals surface area contributed by atoms with Gasteiger partial charge in [-0.3, -0.25) is 4.79 Å². The topological polar surface area (TPSA) is 54.0 Å². The van der Waals surface area contributed by atoms with E-state index in [-0.39, 0.29) is 11.9 Å². The summed E-state index contributed by atoms with van der Waals surface area (Å²) in [7, 11) is -0.518. The fourth-order valence-corrected chi connectivity index (χ4v) is 6.84. The summed E-state index contributed by atoms with van der Waals surface area (Å²) in [5, 5.41) is 0. The number of carbonyl (C=O) groups excluding carboxylic acids is 1. The number of hydrogen-bond donors (Lipinski definition) is 0. The third-order valence-electron chi connectivity index (χ3n) is 2.92. The van der Waals surface area contributed by atoms with Gasteiger partial charge in [-0.05, 0) is 25.9 Å². The van der Waals surface area contributed by atoms with Crippen LogP contribution in [0.15, 0.2) is 0 Å². The zero-order valence-electron chi connectivity index (χ0n) is 13.0. The van der Waals surface area contributed by atoms with E-state index in [2.05, 4.69) is 13.1 Å². The van der Waals surface area contributed by atoms with Crippen LogP contribution >= 0.6 is 0 Å². The molecule has 0 saturated heterocycles. The van der Waals surface area contributed by atoms with Gasteiger partial charge in [0.2, 0.25) is 0 Å². The smallest absolute Gasteiger partial charge is 0.465 e. The van der Waals surface area contributed by atoms with Crippen molar-refractivity contribution in [2.24, 2.45) is 5.92 Å². The number of esters is 1. The molecule has 0 aliphatic heterocycles. The molecule has 0 heterocycles. The normalized spacial score (nSPS) is 13.6. The van der Waals surface area contributed by atoms with Crippen molar-refractivity contribution in [3.8, 4) is 0 Å². The first-order valence-corrected chi connectivity index (χ1v) is 11.6. The van der Waals surface area contributed by atoms with Crippen molar-refractivity contribution < 1.29 is 22.5 Å². The van der Waals surface area contributed by atoms with Gasteiger partial charge in [0.25, 0.3) is 0 Å². The Labute approximate surface area is 119 Å². The van der Waals surface area contributed by atoms with Gasteiger partial charge in [0, 0.05) is 20.3 Å². The second kappa shape index (κ2) is 9.65. The molecule has 114 valence electrons. The first-order chi connectivity index (χ1) is 8.90. The molecular weight excluding hydrogens is 280 g/mol. The van der Waals surface area contributed by atoms with Gasteiger partial charge < -0.3 is 17.7 Å². The van der Waals surface area contributed by atoms with Crippen molar-refractivity contribution >= 4 is 23.8 Å². The molecule has 7 heteroatoms. The Morgan fingerprint density at radius 1 is 1.26 bits per heavy atom. The first kappa shape index (κ1) is 18.8. The Hall–Kier alpha value is -0.216. The van der Waals surface area contributed by atoms with Gasteiger partial charge in [-0.25, -0.2) is 0 Å². The molecule has 0 aromatic rings. The quantitative estimate of drug-likeness (QED) is 0.352. The lowest BCUT2D eigenvalue weighted by Gasteiger charge is -2.28. The minimum absolute atomic E-state index is 0.0360. The predicted octanol–water partition coefficient (Wildman–Crippen LogP) is 2.20. The van der Waals surface area contributed by atoms with Crippen LogP contribution in [-0.4, -0.2) is 44.6 Å². The Morgan fingerprint density at radius 2 is 1.84 bits per heavy atom. The molecular formula is C12H28O5Si2. The third kappa shape index (κ3) is 7.21. The molecule has 0 aliphatic carbocycles. The summed E-state index contributed by atoms with van der Waals surface area (Å²) >= 11 is 0. The van der Waals surface area contributed by atoms with Crippen molar-refractivity contribution in [1.82, 2.24) is 0 Å². The van der Waals surface area contributed by atoms with Gasteiger partial charge in [-0.15, -0.1) is 0 Å². The van der Waals surface area contributed by atoms with Crippen LogP contribution < -0.4 is 0 Å². The van der Waals surface area contributed by atoms with E-state index in [1.54, 1.807) is 14.2 Å². The highest BCUT2D eigenvalue weighted by Crippen LogP contribution is 2.17. The molecule has 1 unspecified atom stereocenters. The average molecular weight is 309 g/mol. The maximum Gasteiger partial charge on any atom is 0.489 e. The van der Waals surface area contributed by atoms with Crippen molar-refractivity contribution in [3.05, 3.63) is 0 Å². The molecule has 0 amide bonds. The zero-order chi connectivity index (χ0) is 14.9. The maximum absolute atomic E-state index is 11.5. The molecule has 0 saturated carbocycles. The SMILES string of the molecule is CCC(C)C(=O)OCCC[Si](OC)(OC)O[SiH](C)C. The monoisotopic (exact) mass is 308 g/mol. The van der Waals surface area contributed by atoms with Crippen molar-refractivity contribution in [2.75, 3.05) is 20.8 Å². The van der Waals surface area contributed by atoms with E-state index < -0.39 is 17.8 Å². The van der Waals surface area contributed by atoms with Crippen LogP contribution in [0.1, 0.15) is 26.7 Å². The zero-order valence-corrected chi connectivity index (χ0v) is 15.2. The van der Waals surface area contributed by atoms with Gasteiger partial charge in [0.05, 0.1) is 12.5 Å². The molecule has 5 nitrogen and oxygen atoms in total. The molecule has 0 aliphatic rings. The van der Waals surface area contributed by atoms with E-state index in [9.17, 15) is 4.79 Å². The highest BCUT2D eigenvalue weighted by molar-refractivity contribution is 6.70. The summed E-state index contributed by atoms with van der Waals surface area (Å²) in [5.74, 6) is -0.171. The minimum Gasteiger partial charge on any atom is -0.465 e. The van der Waals surface area contributed by atoms with Crippen LogP contribution in [0.5, 0.6) is 0 Å². The fourth-order valence-electron chi connectivity index (χ4n) is 1.57. The van der Waals surface area contributed by atoms with E-state index in [0.717, 1.165) is 6.42 Å². The van der Waals surface area contributed by atoms with Gasteiger partial charge in [-0.1, -0.05) is 13.8 Å². The minimum atomic E-state index is -2.54. The van der Waals surface area contributed by atoms with Gasteiger partial charge in [-0.2, -0.15) is 0 Å². The van der Waals surface area contributed by atoms with Gasteiger partial charge in [0.15, 0.2) is 9.04 Å². The van der Waals surface area contributed by atoms with Crippen LogP contribution in [0.4, 0.5) is 0 Å². The van der Waals surface area contributed by atoms with Crippen LogP contribution in [0.25, 0.3) is 0 Å². The average Bonchev–Trinajstić information content (AvgIpc) is 2.40. The number of hydrogen-bond acceptors (Lipinski definition) is 5. The molecule has 0 radical (unpaired) electrons. The second-order valence-electron chi connectivity index (χ2n) is 4.84. The maximum atomic E-state index is 11.5. The van der Waals surface area contributed by atoms with E-state index >= 15 is 0 Å². The van der Waals surface area contributed by atoms with Crippen molar-refractivity contribution in [3.63, 3.8) is 0 Å². The third-order valence-corrected chi connectivity index (χ3v) is 8.46. The largest absolute Gasteiger partial charge is 0.489 e. The summed E-state index contributed by atoms with van der Waals surface area (Å²) in [6.45, 7) is 8.42. The molecule has 19 heavy (non-hydrogen) atoms. The lowest BCUT2D eigenvalue weighted by molar-refractivity contribution is -0.148. The van der Waals surface area contributed by atoms with Crippen molar-refractivity contribution in [1.29, 1.82) is 0 Å². The van der Waals surface area contributed by atoms with Crippen LogP contribution in [0, 0.1) is 5.92 Å². The Balaban J connectivity index is 4.10. The summed E-state index contributed by atoms with van der Waals surface area (Å²) < 4.78 is 22.0. The summed E-state index contributed by atoms with van der Waals surface area (Å²) in [4.78, 5) is 11.5. The molecule has 0 bridgehead atoms. The van der Waals surface area contributed by atoms with Gasteiger partial charge in [0.1, 0.15) is 0 Å². The van der Waals surface area contributed by atoms with E-state index in [0.29, 0.717) is 19.1 Å². The molecule has 0 aromatic carbocycles. The fraction of sp³-hybridized carbons (Fsp3) is 0.917. The molecule has 0 aromatic heterocycles. The Morgan fingerprint density at radius 3 is 2.26 bits per heavy atom. The van der Waals surface area contributed by atoms with Crippen molar-refractivity contribution in [2.45, 2.75) is 45.8 Å². The van der Waals surface area contributed by atoms with E-state index in [1.807, 2.05) is 13.8 Å². The number of carbonyl (C=O) groups is 1. The number of ether oxygens (including phenoxy) is 1. The first-order valence-electron chi connectivity index (χ1n) is 6.85. The molecule has 1 atom stereocenters. The summed E-state index contributed by atoms with van der Waals surface area (Å²) in [6, 6.07) is 0.680. The van der Waals surface area contributed by atoms with Crippen LogP contribution in [0.3, 0.4) is 0 Å². The Bertz CT molecular complexity index is 257. The van der Waals surface area contributed by atoms with Crippen LogP contribution in [-0.2, 0) is 22.5 Å². The van der Waals surface area contributed by atoms with E-state index in [4.69, 9.17) is 17.7 Å². The molecule has 0 rings (SSSR count). The Kier molecular flexibility index (Phi) is 9.54. The molecule has 0 spiro atoms. The van der Waals surface area contributed by atoms with E-state index in [1.165, 1.54) is 0 Å². The summed E-state index contributed by atoms with van der Waals surface area (Å²) in [6.07, 6.45) is 1.51. The standard InChI is InChI=1S/C12H28O5Si2/c1-7-11(2)12(13)16-9-8-10-19(14-3,15-4)17-18(5)6/h11,18H,7-10H2,1-6H3. The van der Waals surface area contributed by atoms with Crippen LogP contribution in [0.2, 0.25) is 19.1 Å². The predicted molar refractivity (Wildman–Crippen MR) is 79.6 cm³/mol. The second-order valence-corrected chi connectivity index (χ2v) is 10.6. The lowest BCUT2D eigenvalue weighted by atomic mass is 10.1. The molecule has 0 fully saturated rings. The summed E-state index contributed by atoms with van der Waals surface area (Å²) in [5.41, 5.74) is 0. The highest BCUT2D eigenvalue weighted by Gasteiger charge is 2.39. The molecule has 0 N–H and O–H groups in total. The lowest BCUT2D eigenvalue weighted by Crippen LogP contribution is -2.47.